The third kappa shape index (κ3) is 2.48. The fourth-order valence-electron chi connectivity index (χ4n) is 2.26. The van der Waals surface area contributed by atoms with Gasteiger partial charge in [-0.3, -0.25) is 4.90 Å². The normalized spacial score (nSPS) is 15.2. The lowest BCUT2D eigenvalue weighted by Gasteiger charge is -2.26. The number of aromatic nitrogens is 3. The predicted octanol–water partition coefficient (Wildman–Crippen LogP) is 0.992. The van der Waals surface area contributed by atoms with E-state index in [-0.39, 0.29) is 0 Å². The average molecular weight is 258 g/mol. The number of rotatable bonds is 3. The Balaban J connectivity index is 1.68. The van der Waals surface area contributed by atoms with Crippen LogP contribution in [0.5, 0.6) is 0 Å². The Morgan fingerprint density at radius 2 is 2.05 bits per heavy atom. The third-order valence-electron chi connectivity index (χ3n) is 3.32. The molecule has 6 heteroatoms. The first-order valence-electron chi connectivity index (χ1n) is 6.13. The molecule has 0 unspecified atom stereocenters. The van der Waals surface area contributed by atoms with Crippen molar-refractivity contribution in [3.63, 3.8) is 0 Å². The van der Waals surface area contributed by atoms with Gasteiger partial charge < -0.3 is 9.67 Å². The summed E-state index contributed by atoms with van der Waals surface area (Å²) in [6.45, 7) is 3.43. The van der Waals surface area contributed by atoms with Gasteiger partial charge in [-0.25, -0.2) is 4.79 Å². The molecule has 0 aliphatic carbocycles. The molecule has 2 heterocycles. The molecule has 1 N–H and O–H groups in total. The summed E-state index contributed by atoms with van der Waals surface area (Å²) in [5.41, 5.74) is 1.43. The summed E-state index contributed by atoms with van der Waals surface area (Å²) in [6.07, 6.45) is 1.76. The summed E-state index contributed by atoms with van der Waals surface area (Å²) in [7, 11) is 0. The highest BCUT2D eigenvalue weighted by Gasteiger charge is 2.17. The monoisotopic (exact) mass is 258 g/mol. The molecule has 1 aliphatic rings. The van der Waals surface area contributed by atoms with Gasteiger partial charge in [-0.15, -0.1) is 10.2 Å². The van der Waals surface area contributed by atoms with Crippen molar-refractivity contribution >= 4 is 5.97 Å². The molecule has 0 amide bonds. The number of carboxylic acids is 1. The van der Waals surface area contributed by atoms with Crippen molar-refractivity contribution in [3.8, 4) is 0 Å². The van der Waals surface area contributed by atoms with Crippen LogP contribution in [0.2, 0.25) is 0 Å². The Kier molecular flexibility index (Phi) is 3.00. The zero-order chi connectivity index (χ0) is 13.2. The van der Waals surface area contributed by atoms with Gasteiger partial charge in [0.15, 0.2) is 0 Å². The Bertz CT molecular complexity index is 591. The Morgan fingerprint density at radius 3 is 2.79 bits per heavy atom. The molecule has 0 fully saturated rings. The molecule has 0 spiro atoms. The molecule has 0 saturated carbocycles. The van der Waals surface area contributed by atoms with Crippen molar-refractivity contribution in [2.75, 3.05) is 6.54 Å². The Hall–Kier alpha value is -2.21. The molecule has 0 saturated heterocycles. The molecule has 0 radical (unpaired) electrons. The SMILES string of the molecule is O=C(O)c1ccc(CN2CCn3cnnc3C2)cc1. The minimum Gasteiger partial charge on any atom is -0.478 e. The van der Waals surface area contributed by atoms with E-state index < -0.39 is 5.97 Å². The molecule has 2 aromatic rings. The standard InChI is InChI=1S/C13H14N4O2/c18-13(19)11-3-1-10(2-4-11)7-16-5-6-17-9-14-15-12(17)8-16/h1-4,9H,5-8H2,(H,18,19). The number of hydrogen-bond donors (Lipinski definition) is 1. The van der Waals surface area contributed by atoms with E-state index in [2.05, 4.69) is 19.7 Å². The Morgan fingerprint density at radius 1 is 1.26 bits per heavy atom. The van der Waals surface area contributed by atoms with Gasteiger partial charge in [-0.1, -0.05) is 12.1 Å². The quantitative estimate of drug-likeness (QED) is 0.889. The second-order valence-electron chi connectivity index (χ2n) is 4.65. The van der Waals surface area contributed by atoms with Crippen molar-refractivity contribution in [1.82, 2.24) is 19.7 Å². The number of carboxylic acid groups (broad SMARTS) is 1. The summed E-state index contributed by atoms with van der Waals surface area (Å²) >= 11 is 0. The maximum absolute atomic E-state index is 10.8. The van der Waals surface area contributed by atoms with Gasteiger partial charge in [0.25, 0.3) is 0 Å². The van der Waals surface area contributed by atoms with Gasteiger partial charge in [-0.05, 0) is 17.7 Å². The molecular formula is C13H14N4O2. The van der Waals surface area contributed by atoms with Crippen LogP contribution < -0.4 is 0 Å². The summed E-state index contributed by atoms with van der Waals surface area (Å²) in [6, 6.07) is 7.01. The molecule has 1 aromatic heterocycles. The fraction of sp³-hybridized carbons (Fsp3) is 0.308. The second kappa shape index (κ2) is 4.81. The largest absolute Gasteiger partial charge is 0.478 e. The van der Waals surface area contributed by atoms with Crippen molar-refractivity contribution in [1.29, 1.82) is 0 Å². The lowest BCUT2D eigenvalue weighted by atomic mass is 10.1. The summed E-state index contributed by atoms with van der Waals surface area (Å²) in [5.74, 6) is 0.0889. The molecule has 0 bridgehead atoms. The first kappa shape index (κ1) is 11.9. The third-order valence-corrected chi connectivity index (χ3v) is 3.32. The first-order chi connectivity index (χ1) is 9.22. The van der Waals surface area contributed by atoms with Gasteiger partial charge in [0.1, 0.15) is 12.2 Å². The Labute approximate surface area is 110 Å². The van der Waals surface area contributed by atoms with Crippen LogP contribution >= 0.6 is 0 Å². The molecule has 19 heavy (non-hydrogen) atoms. The van der Waals surface area contributed by atoms with Crippen LogP contribution in [0.15, 0.2) is 30.6 Å². The first-order valence-corrected chi connectivity index (χ1v) is 6.13. The summed E-state index contributed by atoms with van der Waals surface area (Å²) < 4.78 is 2.06. The molecule has 1 aliphatic heterocycles. The predicted molar refractivity (Wildman–Crippen MR) is 67.5 cm³/mol. The number of hydrogen-bond acceptors (Lipinski definition) is 4. The number of fused-ring (bicyclic) bond motifs is 1. The number of nitrogens with zero attached hydrogens (tertiary/aromatic N) is 4. The highest BCUT2D eigenvalue weighted by Crippen LogP contribution is 2.13. The van der Waals surface area contributed by atoms with Crippen LogP contribution in [-0.4, -0.2) is 37.3 Å². The molecular weight excluding hydrogens is 244 g/mol. The van der Waals surface area contributed by atoms with E-state index in [1.165, 1.54) is 0 Å². The molecule has 0 atom stereocenters. The number of carbonyl (C=O) groups is 1. The van der Waals surface area contributed by atoms with Gasteiger partial charge in [0.05, 0.1) is 12.1 Å². The molecule has 3 rings (SSSR count). The van der Waals surface area contributed by atoms with E-state index >= 15 is 0 Å². The van der Waals surface area contributed by atoms with Gasteiger partial charge in [-0.2, -0.15) is 0 Å². The van der Waals surface area contributed by atoms with Crippen LogP contribution in [0.25, 0.3) is 0 Å². The van der Waals surface area contributed by atoms with E-state index in [1.54, 1.807) is 18.5 Å². The number of aromatic carboxylic acids is 1. The van der Waals surface area contributed by atoms with Gasteiger partial charge >= 0.3 is 5.97 Å². The summed E-state index contributed by atoms with van der Waals surface area (Å²) in [4.78, 5) is 13.1. The topological polar surface area (TPSA) is 71.2 Å². The van der Waals surface area contributed by atoms with Crippen LogP contribution in [0.1, 0.15) is 21.7 Å². The average Bonchev–Trinajstić information content (AvgIpc) is 2.87. The van der Waals surface area contributed by atoms with E-state index in [4.69, 9.17) is 5.11 Å². The maximum atomic E-state index is 10.8. The minimum atomic E-state index is -0.891. The zero-order valence-corrected chi connectivity index (χ0v) is 10.4. The second-order valence-corrected chi connectivity index (χ2v) is 4.65. The van der Waals surface area contributed by atoms with E-state index in [9.17, 15) is 4.79 Å². The smallest absolute Gasteiger partial charge is 0.335 e. The van der Waals surface area contributed by atoms with Gasteiger partial charge in [0, 0.05) is 19.6 Å². The molecule has 1 aromatic carbocycles. The van der Waals surface area contributed by atoms with Crippen LogP contribution in [0.3, 0.4) is 0 Å². The zero-order valence-electron chi connectivity index (χ0n) is 10.4. The van der Waals surface area contributed by atoms with Crippen molar-refractivity contribution in [3.05, 3.63) is 47.5 Å². The van der Waals surface area contributed by atoms with E-state index in [0.717, 1.165) is 37.6 Å². The highest BCUT2D eigenvalue weighted by atomic mass is 16.4. The van der Waals surface area contributed by atoms with Crippen molar-refractivity contribution in [2.24, 2.45) is 0 Å². The van der Waals surface area contributed by atoms with Gasteiger partial charge in [0.2, 0.25) is 0 Å². The van der Waals surface area contributed by atoms with Crippen LogP contribution in [0, 0.1) is 0 Å². The van der Waals surface area contributed by atoms with Crippen LogP contribution in [0.4, 0.5) is 0 Å². The minimum absolute atomic E-state index is 0.321. The fourth-order valence-corrected chi connectivity index (χ4v) is 2.26. The number of benzene rings is 1. The maximum Gasteiger partial charge on any atom is 0.335 e. The lowest BCUT2D eigenvalue weighted by Crippen LogP contribution is -2.33. The molecule has 98 valence electrons. The summed E-state index contributed by atoms with van der Waals surface area (Å²) in [5, 5.41) is 16.8. The van der Waals surface area contributed by atoms with E-state index in [0.29, 0.717) is 5.56 Å². The van der Waals surface area contributed by atoms with Crippen molar-refractivity contribution < 1.29 is 9.90 Å². The van der Waals surface area contributed by atoms with Crippen LogP contribution in [-0.2, 0) is 19.6 Å². The van der Waals surface area contributed by atoms with E-state index in [1.807, 2.05) is 12.1 Å². The molecule has 6 nitrogen and oxygen atoms in total. The lowest BCUT2D eigenvalue weighted by molar-refractivity contribution is 0.0697. The highest BCUT2D eigenvalue weighted by molar-refractivity contribution is 5.87. The van der Waals surface area contributed by atoms with Crippen molar-refractivity contribution in [2.45, 2.75) is 19.6 Å².